The molecule has 0 aromatic carbocycles. The first-order valence-corrected chi connectivity index (χ1v) is 7.47. The first-order valence-electron chi connectivity index (χ1n) is 7.09. The van der Waals surface area contributed by atoms with Crippen molar-refractivity contribution in [1.29, 1.82) is 0 Å². The van der Waals surface area contributed by atoms with Gasteiger partial charge in [0.2, 0.25) is 0 Å². The lowest BCUT2D eigenvalue weighted by Gasteiger charge is -2.32. The number of anilines is 1. The second-order valence-electron chi connectivity index (χ2n) is 5.63. The maximum absolute atomic E-state index is 9.99. The summed E-state index contributed by atoms with van der Waals surface area (Å²) in [6, 6.07) is 1.66. The third-order valence-electron chi connectivity index (χ3n) is 4.04. The van der Waals surface area contributed by atoms with Crippen LogP contribution in [0.5, 0.6) is 5.75 Å². The summed E-state index contributed by atoms with van der Waals surface area (Å²) in [5.74, 6) is 0.679. The average molecular weight is 321 g/mol. The minimum absolute atomic E-state index is 0.0212. The fraction of sp³-hybridized carbons (Fsp3) is 0.400. The number of hydrogen-bond acceptors (Lipinski definition) is 6. The van der Waals surface area contributed by atoms with Crippen LogP contribution in [0, 0.1) is 13.8 Å². The quantitative estimate of drug-likeness (QED) is 0.804. The summed E-state index contributed by atoms with van der Waals surface area (Å²) in [5.41, 5.74) is 2.74. The number of halogens is 1. The molecule has 0 bridgehead atoms. The summed E-state index contributed by atoms with van der Waals surface area (Å²) >= 11 is 5.80. The highest BCUT2D eigenvalue weighted by atomic mass is 35.5. The predicted octanol–water partition coefficient (Wildman–Crippen LogP) is 2.45. The molecule has 0 radical (unpaired) electrons. The highest BCUT2D eigenvalue weighted by Gasteiger charge is 2.28. The predicted molar refractivity (Wildman–Crippen MR) is 84.1 cm³/mol. The van der Waals surface area contributed by atoms with Crippen LogP contribution < -0.4 is 5.32 Å². The van der Waals surface area contributed by atoms with Crippen molar-refractivity contribution in [2.24, 2.45) is 0 Å². The summed E-state index contributed by atoms with van der Waals surface area (Å²) in [4.78, 5) is 4.14. The molecule has 0 atom stereocenters. The summed E-state index contributed by atoms with van der Waals surface area (Å²) in [6.45, 7) is 3.85. The van der Waals surface area contributed by atoms with Crippen molar-refractivity contribution in [3.8, 4) is 17.1 Å². The van der Waals surface area contributed by atoms with Crippen molar-refractivity contribution >= 4 is 17.4 Å². The van der Waals surface area contributed by atoms with E-state index < -0.39 is 0 Å². The Balaban J connectivity index is 1.92. The fourth-order valence-corrected chi connectivity index (χ4v) is 2.63. The van der Waals surface area contributed by atoms with Gasteiger partial charge >= 0.3 is 0 Å². The Bertz CT molecular complexity index is 717. The van der Waals surface area contributed by atoms with Gasteiger partial charge < -0.3 is 15.5 Å². The molecule has 0 amide bonds. The van der Waals surface area contributed by atoms with Gasteiger partial charge in [0.25, 0.3) is 0 Å². The first kappa shape index (κ1) is 15.0. The molecule has 3 rings (SSSR count). The molecule has 1 saturated carbocycles. The third-order valence-corrected chi connectivity index (χ3v) is 4.24. The molecule has 7 heteroatoms. The van der Waals surface area contributed by atoms with E-state index in [0.29, 0.717) is 22.2 Å². The molecule has 1 aliphatic carbocycles. The van der Waals surface area contributed by atoms with Crippen LogP contribution in [-0.4, -0.2) is 37.5 Å². The van der Waals surface area contributed by atoms with E-state index in [1.807, 2.05) is 13.8 Å². The summed E-state index contributed by atoms with van der Waals surface area (Å²) in [5, 5.41) is 31.4. The van der Waals surface area contributed by atoms with Crippen molar-refractivity contribution in [2.45, 2.75) is 38.8 Å². The molecule has 0 aliphatic heterocycles. The van der Waals surface area contributed by atoms with E-state index in [-0.39, 0.29) is 17.9 Å². The molecule has 6 nitrogen and oxygen atoms in total. The van der Waals surface area contributed by atoms with E-state index in [1.54, 1.807) is 0 Å². The molecular formula is C15H17ClN4O2. The molecule has 22 heavy (non-hydrogen) atoms. The van der Waals surface area contributed by atoms with Crippen molar-refractivity contribution in [3.63, 3.8) is 0 Å². The van der Waals surface area contributed by atoms with Gasteiger partial charge in [0.05, 0.1) is 11.1 Å². The molecule has 0 saturated heterocycles. The SMILES string of the molecule is Cc1c(NC2CC(O)C2)nnc(-c2ncc(Cl)cc2O)c1C. The van der Waals surface area contributed by atoms with Crippen LogP contribution in [0.2, 0.25) is 5.02 Å². The molecule has 3 N–H and O–H groups in total. The zero-order valence-electron chi connectivity index (χ0n) is 12.3. The topological polar surface area (TPSA) is 91.2 Å². The number of nitrogens with zero attached hydrogens (tertiary/aromatic N) is 3. The Kier molecular flexibility index (Phi) is 3.88. The largest absolute Gasteiger partial charge is 0.506 e. The maximum atomic E-state index is 9.99. The van der Waals surface area contributed by atoms with Crippen molar-refractivity contribution in [1.82, 2.24) is 15.2 Å². The van der Waals surface area contributed by atoms with Crippen LogP contribution in [0.4, 0.5) is 5.82 Å². The second kappa shape index (κ2) is 5.70. The highest BCUT2D eigenvalue weighted by molar-refractivity contribution is 6.30. The summed E-state index contributed by atoms with van der Waals surface area (Å²) in [6.07, 6.45) is 2.69. The Hall–Kier alpha value is -1.92. The zero-order chi connectivity index (χ0) is 15.9. The second-order valence-corrected chi connectivity index (χ2v) is 6.07. The van der Waals surface area contributed by atoms with Crippen LogP contribution in [0.3, 0.4) is 0 Å². The highest BCUT2D eigenvalue weighted by Crippen LogP contribution is 2.32. The Morgan fingerprint density at radius 1 is 1.18 bits per heavy atom. The van der Waals surface area contributed by atoms with Gasteiger partial charge in [-0.2, -0.15) is 0 Å². The van der Waals surface area contributed by atoms with Gasteiger partial charge in [0.15, 0.2) is 5.82 Å². The molecular weight excluding hydrogens is 304 g/mol. The fourth-order valence-electron chi connectivity index (χ4n) is 2.48. The standard InChI is InChI=1S/C15H17ClN4O2/c1-7-8(2)15(18-10-4-11(21)5-10)20-19-13(7)14-12(22)3-9(16)6-17-14/h3,6,10-11,21-22H,4-5H2,1-2H3,(H,18,20). The number of rotatable bonds is 3. The van der Waals surface area contributed by atoms with E-state index in [9.17, 15) is 10.2 Å². The number of pyridine rings is 1. The van der Waals surface area contributed by atoms with Crippen molar-refractivity contribution in [2.75, 3.05) is 5.32 Å². The van der Waals surface area contributed by atoms with Crippen LogP contribution >= 0.6 is 11.6 Å². The Morgan fingerprint density at radius 3 is 2.55 bits per heavy atom. The van der Waals surface area contributed by atoms with Crippen LogP contribution in [0.15, 0.2) is 12.3 Å². The smallest absolute Gasteiger partial charge is 0.152 e. The Labute approximate surface area is 133 Å². The van der Waals surface area contributed by atoms with E-state index in [4.69, 9.17) is 11.6 Å². The van der Waals surface area contributed by atoms with Crippen molar-refractivity contribution < 1.29 is 10.2 Å². The molecule has 2 aromatic rings. The molecule has 2 aromatic heterocycles. The van der Waals surface area contributed by atoms with Crippen LogP contribution in [0.25, 0.3) is 11.4 Å². The minimum atomic E-state index is -0.221. The monoisotopic (exact) mass is 320 g/mol. The number of aliphatic hydroxyl groups excluding tert-OH is 1. The average Bonchev–Trinajstić information content (AvgIpc) is 2.43. The van der Waals surface area contributed by atoms with E-state index in [2.05, 4.69) is 20.5 Å². The van der Waals surface area contributed by atoms with Crippen LogP contribution in [-0.2, 0) is 0 Å². The van der Waals surface area contributed by atoms with Gasteiger partial charge in [-0.25, -0.2) is 4.98 Å². The van der Waals surface area contributed by atoms with Gasteiger partial charge in [-0.05, 0) is 37.8 Å². The molecule has 1 aliphatic rings. The molecule has 2 heterocycles. The van der Waals surface area contributed by atoms with E-state index >= 15 is 0 Å². The number of aromatic nitrogens is 3. The number of aromatic hydroxyl groups is 1. The first-order chi connectivity index (χ1) is 10.5. The van der Waals surface area contributed by atoms with Crippen molar-refractivity contribution in [3.05, 3.63) is 28.4 Å². The van der Waals surface area contributed by atoms with Gasteiger partial charge in [0.1, 0.15) is 17.1 Å². The normalized spacial score (nSPS) is 20.5. The summed E-state index contributed by atoms with van der Waals surface area (Å²) < 4.78 is 0. The lowest BCUT2D eigenvalue weighted by atomic mass is 9.89. The lowest BCUT2D eigenvalue weighted by Crippen LogP contribution is -2.39. The van der Waals surface area contributed by atoms with Gasteiger partial charge in [-0.15, -0.1) is 10.2 Å². The maximum Gasteiger partial charge on any atom is 0.152 e. The lowest BCUT2D eigenvalue weighted by molar-refractivity contribution is 0.0835. The third kappa shape index (κ3) is 2.71. The zero-order valence-corrected chi connectivity index (χ0v) is 13.1. The van der Waals surface area contributed by atoms with Gasteiger partial charge in [-0.3, -0.25) is 0 Å². The Morgan fingerprint density at radius 2 is 1.91 bits per heavy atom. The van der Waals surface area contributed by atoms with E-state index in [0.717, 1.165) is 24.0 Å². The van der Waals surface area contributed by atoms with E-state index in [1.165, 1.54) is 12.3 Å². The number of hydrogen-bond donors (Lipinski definition) is 3. The molecule has 116 valence electrons. The van der Waals surface area contributed by atoms with Crippen LogP contribution in [0.1, 0.15) is 24.0 Å². The summed E-state index contributed by atoms with van der Waals surface area (Å²) in [7, 11) is 0. The molecule has 1 fully saturated rings. The van der Waals surface area contributed by atoms with Gasteiger partial charge in [0, 0.05) is 18.3 Å². The number of aliphatic hydroxyl groups is 1. The molecule has 0 spiro atoms. The minimum Gasteiger partial charge on any atom is -0.506 e. The molecule has 0 unspecified atom stereocenters. The van der Waals surface area contributed by atoms with Gasteiger partial charge in [-0.1, -0.05) is 11.6 Å². The number of nitrogens with one attached hydrogen (secondary N) is 1.